The first-order chi connectivity index (χ1) is 20.8. The number of alkyl halides is 18. The van der Waals surface area contributed by atoms with Crippen LogP contribution in [0, 0.1) is 0 Å². The minimum Gasteiger partial charge on any atom is -0.390 e. The van der Waals surface area contributed by atoms with E-state index in [0.717, 1.165) is 24.3 Å². The first-order valence-electron chi connectivity index (χ1n) is 11.5. The molecule has 268 valence electrons. The van der Waals surface area contributed by atoms with Crippen molar-refractivity contribution in [3.05, 3.63) is 58.9 Å². The van der Waals surface area contributed by atoms with Crippen molar-refractivity contribution in [3.63, 3.8) is 0 Å². The molecule has 1 N–H and O–H groups in total. The highest BCUT2D eigenvalue weighted by Gasteiger charge is 2.94. The van der Waals surface area contributed by atoms with Crippen LogP contribution in [0.1, 0.15) is 10.4 Å². The number of rotatable bonds is 13. The zero-order valence-corrected chi connectivity index (χ0v) is 21.6. The molecule has 24 heteroatoms. The first kappa shape index (κ1) is 40.0. The maximum absolute atomic E-state index is 14.8. The maximum atomic E-state index is 14.8. The van der Waals surface area contributed by atoms with E-state index in [2.05, 4.69) is 4.74 Å². The van der Waals surface area contributed by atoms with E-state index >= 15 is 0 Å². The molecule has 0 bridgehead atoms. The van der Waals surface area contributed by atoms with E-state index in [-0.39, 0.29) is 0 Å². The second-order valence-corrected chi connectivity index (χ2v) is 9.36. The Balaban J connectivity index is 2.53. The van der Waals surface area contributed by atoms with Gasteiger partial charge in [-0.15, -0.1) is 0 Å². The summed E-state index contributed by atoms with van der Waals surface area (Å²) in [7, 11) is 0. The standard InChI is InChI=1S/C23H11F21O3/c24-10-9(12(46)8-4-2-1-3-5-8)11(25)14(27)17(32,13(10)26)47-7-16(30,31)19(35,36)21(39,40)23(43,44)22(41,42)20(37,38)18(33,34)15(28,29)6-45/h1-5,13,45H,6-7H2. The summed E-state index contributed by atoms with van der Waals surface area (Å²) in [5.41, 5.74) is -3.09. The lowest BCUT2D eigenvalue weighted by molar-refractivity contribution is -0.456. The molecule has 1 aliphatic carbocycles. The SMILES string of the molecule is O=C(C1=C(F)C(F)C(F)(OCC(F)(F)C(F)(F)C(F)(F)C(F)(F)C(F)(F)C(F)(F)C(F)(F)C(F)(F)CO)C(F)=C1F)c1ccccc1. The molecule has 2 atom stereocenters. The number of Topliss-reactive ketones (excluding diaryl/α,β-unsaturated/α-hetero) is 1. The van der Waals surface area contributed by atoms with E-state index in [4.69, 9.17) is 5.11 Å². The van der Waals surface area contributed by atoms with Gasteiger partial charge in [0.1, 0.15) is 13.2 Å². The van der Waals surface area contributed by atoms with Crippen LogP contribution in [-0.4, -0.2) is 83.5 Å². The Morgan fingerprint density at radius 2 is 1.06 bits per heavy atom. The highest BCUT2D eigenvalue weighted by Crippen LogP contribution is 2.64. The third kappa shape index (κ3) is 5.51. The molecule has 47 heavy (non-hydrogen) atoms. The molecular weight excluding hydrogens is 723 g/mol. The number of carbonyl (C=O) groups excluding carboxylic acids is 1. The van der Waals surface area contributed by atoms with Crippen LogP contribution in [0.2, 0.25) is 0 Å². The van der Waals surface area contributed by atoms with E-state index in [9.17, 15) is 97.0 Å². The van der Waals surface area contributed by atoms with Gasteiger partial charge in [0.25, 0.3) is 0 Å². The summed E-state index contributed by atoms with van der Waals surface area (Å²) in [5, 5.41) is 7.98. The van der Waals surface area contributed by atoms with Gasteiger partial charge in [0, 0.05) is 5.56 Å². The largest absolute Gasteiger partial charge is 0.390 e. The van der Waals surface area contributed by atoms with Crippen molar-refractivity contribution in [2.45, 2.75) is 59.4 Å². The van der Waals surface area contributed by atoms with Crippen molar-refractivity contribution in [2.24, 2.45) is 0 Å². The third-order valence-electron chi connectivity index (χ3n) is 6.31. The minimum absolute atomic E-state index is 0.742. The zero-order valence-electron chi connectivity index (χ0n) is 21.6. The molecule has 1 aromatic carbocycles. The van der Waals surface area contributed by atoms with E-state index in [0.29, 0.717) is 0 Å². The summed E-state index contributed by atoms with van der Waals surface area (Å²) in [6, 6.07) is 4.66. The summed E-state index contributed by atoms with van der Waals surface area (Å²) in [5.74, 6) is -83.6. The Kier molecular flexibility index (Phi) is 10.0. The molecule has 0 saturated heterocycles. The van der Waals surface area contributed by atoms with Gasteiger partial charge in [0.15, 0.2) is 17.4 Å². The lowest BCUT2D eigenvalue weighted by Crippen LogP contribution is -2.75. The number of ketones is 1. The third-order valence-corrected chi connectivity index (χ3v) is 6.31. The normalized spacial score (nSPS) is 21.4. The molecule has 0 spiro atoms. The van der Waals surface area contributed by atoms with Crippen molar-refractivity contribution >= 4 is 5.78 Å². The minimum atomic E-state index is -8.94. The molecule has 0 fully saturated rings. The number of benzene rings is 1. The molecule has 0 amide bonds. The van der Waals surface area contributed by atoms with Crippen molar-refractivity contribution in [1.82, 2.24) is 0 Å². The van der Waals surface area contributed by atoms with Crippen LogP contribution in [0.25, 0.3) is 0 Å². The van der Waals surface area contributed by atoms with Crippen LogP contribution in [0.4, 0.5) is 92.2 Å². The molecule has 1 aromatic rings. The molecule has 2 rings (SSSR count). The van der Waals surface area contributed by atoms with Gasteiger partial charge < -0.3 is 9.84 Å². The molecular formula is C23H11F21O3. The fourth-order valence-corrected chi connectivity index (χ4v) is 3.48. The van der Waals surface area contributed by atoms with Gasteiger partial charge in [0.05, 0.1) is 5.57 Å². The lowest BCUT2D eigenvalue weighted by atomic mass is 9.87. The molecule has 2 unspecified atom stereocenters. The van der Waals surface area contributed by atoms with E-state index in [1.807, 2.05) is 0 Å². The summed E-state index contributed by atoms with van der Waals surface area (Å²) >= 11 is 0. The number of halogens is 21. The number of aliphatic hydroxyl groups is 1. The molecule has 0 saturated carbocycles. The predicted molar refractivity (Wildman–Crippen MR) is 109 cm³/mol. The number of aliphatic hydroxyl groups excluding tert-OH is 1. The Labute approximate surface area is 245 Å². The summed E-state index contributed by atoms with van der Waals surface area (Å²) in [6.07, 6.45) is -4.69. The molecule has 0 aromatic heterocycles. The van der Waals surface area contributed by atoms with Crippen LogP contribution in [-0.2, 0) is 4.74 Å². The van der Waals surface area contributed by atoms with Crippen LogP contribution in [0.15, 0.2) is 53.4 Å². The second kappa shape index (κ2) is 11.8. The van der Waals surface area contributed by atoms with Gasteiger partial charge in [-0.2, -0.15) is 70.2 Å². The Morgan fingerprint density at radius 3 is 1.47 bits per heavy atom. The van der Waals surface area contributed by atoms with Gasteiger partial charge in [-0.3, -0.25) is 4.79 Å². The van der Waals surface area contributed by atoms with E-state index in [1.54, 1.807) is 0 Å². The number of hydrogen-bond acceptors (Lipinski definition) is 3. The number of ether oxygens (including phenoxy) is 1. The van der Waals surface area contributed by atoms with Gasteiger partial charge in [-0.05, 0) is 0 Å². The predicted octanol–water partition coefficient (Wildman–Crippen LogP) is 8.35. The number of hydrogen-bond donors (Lipinski definition) is 1. The maximum Gasteiger partial charge on any atom is 0.385 e. The molecule has 0 aliphatic heterocycles. The number of carbonyl (C=O) groups is 1. The van der Waals surface area contributed by atoms with Gasteiger partial charge in [0.2, 0.25) is 12.0 Å². The van der Waals surface area contributed by atoms with E-state index in [1.165, 1.54) is 6.07 Å². The molecule has 3 nitrogen and oxygen atoms in total. The quantitative estimate of drug-likeness (QED) is 0.164. The fraction of sp³-hybridized carbons (Fsp3) is 0.522. The Morgan fingerprint density at radius 1 is 0.681 bits per heavy atom. The van der Waals surface area contributed by atoms with Crippen LogP contribution in [0.3, 0.4) is 0 Å². The van der Waals surface area contributed by atoms with Crippen LogP contribution < -0.4 is 0 Å². The average Bonchev–Trinajstić information content (AvgIpc) is 2.97. The van der Waals surface area contributed by atoms with Gasteiger partial charge in [-0.25, -0.2) is 22.0 Å². The smallest absolute Gasteiger partial charge is 0.385 e. The summed E-state index contributed by atoms with van der Waals surface area (Å²) in [6.45, 7) is -7.79. The zero-order chi connectivity index (χ0) is 37.2. The lowest BCUT2D eigenvalue weighted by Gasteiger charge is -2.43. The van der Waals surface area contributed by atoms with E-state index < -0.39 is 107 Å². The summed E-state index contributed by atoms with van der Waals surface area (Å²) in [4.78, 5) is 12.2. The molecule has 0 heterocycles. The fourth-order valence-electron chi connectivity index (χ4n) is 3.48. The van der Waals surface area contributed by atoms with Gasteiger partial charge >= 0.3 is 53.2 Å². The van der Waals surface area contributed by atoms with Crippen LogP contribution >= 0.6 is 0 Å². The molecule has 1 aliphatic rings. The van der Waals surface area contributed by atoms with Crippen molar-refractivity contribution < 1.29 is 107 Å². The Bertz CT molecular complexity index is 1420. The first-order valence-corrected chi connectivity index (χ1v) is 11.5. The second-order valence-electron chi connectivity index (χ2n) is 9.36. The highest BCUT2D eigenvalue weighted by molar-refractivity contribution is 6.11. The van der Waals surface area contributed by atoms with Crippen molar-refractivity contribution in [2.75, 3.05) is 13.2 Å². The van der Waals surface area contributed by atoms with Crippen molar-refractivity contribution in [1.29, 1.82) is 0 Å². The van der Waals surface area contributed by atoms with Crippen LogP contribution in [0.5, 0.6) is 0 Å². The van der Waals surface area contributed by atoms with Crippen molar-refractivity contribution in [3.8, 4) is 0 Å². The Hall–Kier alpha value is -3.18. The number of allylic oxidation sites excluding steroid dienone is 2. The summed E-state index contributed by atoms with van der Waals surface area (Å²) < 4.78 is 294. The van der Waals surface area contributed by atoms with Gasteiger partial charge in [-0.1, -0.05) is 30.3 Å². The molecule has 0 radical (unpaired) electrons. The average molecular weight is 734 g/mol. The topological polar surface area (TPSA) is 46.5 Å². The highest BCUT2D eigenvalue weighted by atomic mass is 19.4. The monoisotopic (exact) mass is 734 g/mol.